The Morgan fingerprint density at radius 2 is 2.07 bits per heavy atom. The molecular formula is C8H18N2O4S. The highest BCUT2D eigenvalue weighted by Crippen LogP contribution is 1.87. The molecule has 0 bridgehead atoms. The summed E-state index contributed by atoms with van der Waals surface area (Å²) in [6.07, 6.45) is 0.312. The summed E-state index contributed by atoms with van der Waals surface area (Å²) in [5.74, 6) is -0.378. The summed E-state index contributed by atoms with van der Waals surface area (Å²) in [7, 11) is -3.43. The van der Waals surface area contributed by atoms with Gasteiger partial charge >= 0.3 is 0 Å². The lowest BCUT2D eigenvalue weighted by molar-refractivity contribution is -0.127. The van der Waals surface area contributed by atoms with Crippen LogP contribution in [0.25, 0.3) is 0 Å². The van der Waals surface area contributed by atoms with Crippen LogP contribution in [0, 0.1) is 0 Å². The number of carbonyl (C=O) groups is 1. The highest BCUT2D eigenvalue weighted by atomic mass is 32.2. The number of primary sulfonamides is 1. The van der Waals surface area contributed by atoms with Crippen molar-refractivity contribution in [1.29, 1.82) is 0 Å². The molecule has 0 radical (unpaired) electrons. The van der Waals surface area contributed by atoms with Crippen LogP contribution in [0.2, 0.25) is 0 Å². The van der Waals surface area contributed by atoms with Gasteiger partial charge in [0.25, 0.3) is 0 Å². The van der Waals surface area contributed by atoms with Crippen LogP contribution in [0.4, 0.5) is 0 Å². The first kappa shape index (κ1) is 14.3. The first-order valence-corrected chi connectivity index (χ1v) is 6.41. The summed E-state index contributed by atoms with van der Waals surface area (Å²) in [5, 5.41) is 7.31. The molecule has 90 valence electrons. The van der Waals surface area contributed by atoms with Crippen molar-refractivity contribution in [2.45, 2.75) is 26.4 Å². The zero-order valence-electron chi connectivity index (χ0n) is 9.02. The molecule has 0 aromatic rings. The van der Waals surface area contributed by atoms with E-state index >= 15 is 0 Å². The van der Waals surface area contributed by atoms with Crippen molar-refractivity contribution in [3.63, 3.8) is 0 Å². The Labute approximate surface area is 90.2 Å². The molecule has 15 heavy (non-hydrogen) atoms. The number of amides is 1. The maximum absolute atomic E-state index is 11.1. The Bertz CT molecular complexity index is 287. The van der Waals surface area contributed by atoms with Gasteiger partial charge in [0.15, 0.2) is 0 Å². The van der Waals surface area contributed by atoms with Gasteiger partial charge in [0.05, 0.1) is 11.9 Å². The minimum atomic E-state index is -3.43. The largest absolute Gasteiger partial charge is 0.369 e. The standard InChI is InChI=1S/C8H18N2O4S/c1-7(2)14-6-8(11)10-4-3-5-15(9,12)13/h7H,3-6H2,1-2H3,(H,10,11)(H2,9,12,13). The van der Waals surface area contributed by atoms with Crippen molar-refractivity contribution in [3.05, 3.63) is 0 Å². The minimum Gasteiger partial charge on any atom is -0.369 e. The normalized spacial score (nSPS) is 11.7. The molecule has 0 aromatic carbocycles. The predicted octanol–water partition coefficient (Wildman–Crippen LogP) is -0.794. The molecule has 0 aliphatic heterocycles. The third-order valence-corrected chi connectivity index (χ3v) is 2.33. The molecule has 7 heteroatoms. The van der Waals surface area contributed by atoms with Crippen LogP contribution in [-0.4, -0.2) is 39.3 Å². The number of carbonyl (C=O) groups excluding carboxylic acids is 1. The van der Waals surface area contributed by atoms with Gasteiger partial charge in [-0.3, -0.25) is 4.79 Å². The maximum atomic E-state index is 11.1. The molecule has 0 rings (SSSR count). The van der Waals surface area contributed by atoms with Crippen LogP contribution in [-0.2, 0) is 19.6 Å². The molecule has 1 amide bonds. The molecule has 0 atom stereocenters. The lowest BCUT2D eigenvalue weighted by atomic mass is 10.4. The van der Waals surface area contributed by atoms with Gasteiger partial charge in [-0.15, -0.1) is 0 Å². The lowest BCUT2D eigenvalue weighted by Gasteiger charge is -2.07. The highest BCUT2D eigenvalue weighted by molar-refractivity contribution is 7.89. The topological polar surface area (TPSA) is 98.5 Å². The molecule has 6 nitrogen and oxygen atoms in total. The smallest absolute Gasteiger partial charge is 0.246 e. The van der Waals surface area contributed by atoms with Crippen molar-refractivity contribution in [2.24, 2.45) is 5.14 Å². The van der Waals surface area contributed by atoms with E-state index in [0.717, 1.165) is 0 Å². The van der Waals surface area contributed by atoms with E-state index in [4.69, 9.17) is 9.88 Å². The van der Waals surface area contributed by atoms with E-state index in [2.05, 4.69) is 5.32 Å². The zero-order valence-corrected chi connectivity index (χ0v) is 9.84. The van der Waals surface area contributed by atoms with Crippen molar-refractivity contribution < 1.29 is 17.9 Å². The Hall–Kier alpha value is -0.660. The number of ether oxygens (including phenoxy) is 1. The number of nitrogens with one attached hydrogen (secondary N) is 1. The fourth-order valence-corrected chi connectivity index (χ4v) is 1.34. The quantitative estimate of drug-likeness (QED) is 0.568. The van der Waals surface area contributed by atoms with Crippen LogP contribution in [0.1, 0.15) is 20.3 Å². The molecule has 0 aromatic heterocycles. The second-order valence-electron chi connectivity index (χ2n) is 3.43. The van der Waals surface area contributed by atoms with Crippen LogP contribution in [0.15, 0.2) is 0 Å². The first-order chi connectivity index (χ1) is 6.81. The minimum absolute atomic E-state index is 0.000157. The predicted molar refractivity (Wildman–Crippen MR) is 56.7 cm³/mol. The highest BCUT2D eigenvalue weighted by Gasteiger charge is 2.04. The van der Waals surface area contributed by atoms with Crippen molar-refractivity contribution >= 4 is 15.9 Å². The summed E-state index contributed by atoms with van der Waals surface area (Å²) < 4.78 is 26.1. The average molecular weight is 238 g/mol. The third-order valence-electron chi connectivity index (χ3n) is 1.48. The lowest BCUT2D eigenvalue weighted by Crippen LogP contribution is -2.31. The van der Waals surface area contributed by atoms with Crippen LogP contribution >= 0.6 is 0 Å². The SMILES string of the molecule is CC(C)OCC(=O)NCCCS(N)(=O)=O. The average Bonchev–Trinajstić information content (AvgIpc) is 2.07. The molecule has 0 saturated carbocycles. The molecule has 0 spiro atoms. The van der Waals surface area contributed by atoms with Gasteiger partial charge in [-0.25, -0.2) is 13.6 Å². The third kappa shape index (κ3) is 11.3. The molecule has 0 aliphatic rings. The molecule has 0 saturated heterocycles. The summed E-state index contributed by atoms with van der Waals surface area (Å²) in [6.45, 7) is 3.94. The van der Waals surface area contributed by atoms with Gasteiger partial charge in [-0.05, 0) is 20.3 Å². The Morgan fingerprint density at radius 1 is 1.47 bits per heavy atom. The second-order valence-corrected chi connectivity index (χ2v) is 5.16. The van der Waals surface area contributed by atoms with Crippen molar-refractivity contribution in [2.75, 3.05) is 18.9 Å². The van der Waals surface area contributed by atoms with Gasteiger partial charge in [0, 0.05) is 6.54 Å². The van der Waals surface area contributed by atoms with E-state index in [9.17, 15) is 13.2 Å². The number of sulfonamides is 1. The van der Waals surface area contributed by atoms with E-state index < -0.39 is 10.0 Å². The first-order valence-electron chi connectivity index (χ1n) is 4.70. The monoisotopic (exact) mass is 238 g/mol. The van der Waals surface area contributed by atoms with E-state index in [1.165, 1.54) is 0 Å². The van der Waals surface area contributed by atoms with Crippen LogP contribution in [0.5, 0.6) is 0 Å². The van der Waals surface area contributed by atoms with E-state index in [0.29, 0.717) is 6.42 Å². The summed E-state index contributed by atoms with van der Waals surface area (Å²) in [5.41, 5.74) is 0. The fraction of sp³-hybridized carbons (Fsp3) is 0.875. The molecular weight excluding hydrogens is 220 g/mol. The van der Waals surface area contributed by atoms with E-state index in [1.54, 1.807) is 0 Å². The summed E-state index contributed by atoms with van der Waals surface area (Å²) in [6, 6.07) is 0. The number of nitrogens with two attached hydrogens (primary N) is 1. The van der Waals surface area contributed by atoms with Crippen LogP contribution in [0.3, 0.4) is 0 Å². The molecule has 0 fully saturated rings. The Kier molecular flexibility index (Phi) is 6.46. The van der Waals surface area contributed by atoms with Gasteiger partial charge in [0.2, 0.25) is 15.9 Å². The van der Waals surface area contributed by atoms with E-state index in [1.807, 2.05) is 13.8 Å². The second kappa shape index (κ2) is 6.76. The number of hydrogen-bond acceptors (Lipinski definition) is 4. The zero-order chi connectivity index (χ0) is 11.9. The molecule has 0 unspecified atom stereocenters. The van der Waals surface area contributed by atoms with Gasteiger partial charge < -0.3 is 10.1 Å². The van der Waals surface area contributed by atoms with Crippen molar-refractivity contribution in [3.8, 4) is 0 Å². The fourth-order valence-electron chi connectivity index (χ4n) is 0.795. The Morgan fingerprint density at radius 3 is 2.53 bits per heavy atom. The number of hydrogen-bond donors (Lipinski definition) is 2. The number of rotatable bonds is 7. The van der Waals surface area contributed by atoms with Crippen LogP contribution < -0.4 is 10.5 Å². The molecule has 3 N–H and O–H groups in total. The molecule has 0 heterocycles. The van der Waals surface area contributed by atoms with E-state index in [-0.39, 0.29) is 30.9 Å². The van der Waals surface area contributed by atoms with Gasteiger partial charge in [0.1, 0.15) is 6.61 Å². The summed E-state index contributed by atoms with van der Waals surface area (Å²) in [4.78, 5) is 11.1. The van der Waals surface area contributed by atoms with Gasteiger partial charge in [-0.1, -0.05) is 0 Å². The maximum Gasteiger partial charge on any atom is 0.246 e. The van der Waals surface area contributed by atoms with Crippen molar-refractivity contribution in [1.82, 2.24) is 5.32 Å². The molecule has 0 aliphatic carbocycles. The summed E-state index contributed by atoms with van der Waals surface area (Å²) >= 11 is 0. The Balaban J connectivity index is 3.48. The van der Waals surface area contributed by atoms with Gasteiger partial charge in [-0.2, -0.15) is 0 Å².